The molecule has 1 aliphatic carbocycles. The van der Waals surface area contributed by atoms with Crippen molar-refractivity contribution in [1.29, 1.82) is 0 Å². The lowest BCUT2D eigenvalue weighted by atomic mass is 9.90. The van der Waals surface area contributed by atoms with Crippen LogP contribution in [0.5, 0.6) is 5.75 Å². The molecule has 2 rings (SSSR count). The van der Waals surface area contributed by atoms with Crippen molar-refractivity contribution in [3.63, 3.8) is 0 Å². The van der Waals surface area contributed by atoms with E-state index in [4.69, 9.17) is 15.6 Å². The second-order valence-electron chi connectivity index (χ2n) is 4.90. The first-order chi connectivity index (χ1) is 9.17. The Bertz CT molecular complexity index is 436. The molecule has 0 spiro atoms. The molecule has 1 fully saturated rings. The van der Waals surface area contributed by atoms with Crippen LogP contribution < -0.4 is 15.4 Å². The molecule has 19 heavy (non-hydrogen) atoms. The molecule has 0 saturated heterocycles. The molecule has 0 heterocycles. The zero-order chi connectivity index (χ0) is 13.8. The zero-order valence-electron chi connectivity index (χ0n) is 11.2. The van der Waals surface area contributed by atoms with Gasteiger partial charge in [0.25, 0.3) is 0 Å². The molecular formula is C14H21FN2O2. The Balaban J connectivity index is 2.28. The Morgan fingerprint density at radius 2 is 2.21 bits per heavy atom. The van der Waals surface area contributed by atoms with Crippen molar-refractivity contribution in [3.8, 4) is 5.75 Å². The number of nitrogens with zero attached hydrogens (tertiary/aromatic N) is 1. The van der Waals surface area contributed by atoms with Crippen LogP contribution in [0, 0.1) is 5.82 Å². The van der Waals surface area contributed by atoms with Gasteiger partial charge in [-0.3, -0.25) is 0 Å². The van der Waals surface area contributed by atoms with Gasteiger partial charge < -0.3 is 20.5 Å². The van der Waals surface area contributed by atoms with Gasteiger partial charge in [0, 0.05) is 31.3 Å². The first-order valence-corrected chi connectivity index (χ1v) is 6.68. The van der Waals surface area contributed by atoms with E-state index in [1.165, 1.54) is 19.6 Å². The monoisotopic (exact) mass is 268 g/mol. The molecule has 3 N–H and O–H groups in total. The van der Waals surface area contributed by atoms with E-state index < -0.39 is 5.82 Å². The highest BCUT2D eigenvalue weighted by atomic mass is 19.1. The molecule has 1 aliphatic rings. The number of nitrogens with two attached hydrogens (primary N) is 1. The summed E-state index contributed by atoms with van der Waals surface area (Å²) in [4.78, 5) is 2.16. The summed E-state index contributed by atoms with van der Waals surface area (Å²) >= 11 is 0. The summed E-state index contributed by atoms with van der Waals surface area (Å²) in [6.45, 7) is 0.863. The van der Waals surface area contributed by atoms with Crippen molar-refractivity contribution in [1.82, 2.24) is 0 Å². The molecule has 0 atom stereocenters. The van der Waals surface area contributed by atoms with Crippen LogP contribution in [0.3, 0.4) is 0 Å². The van der Waals surface area contributed by atoms with Crippen LogP contribution in [-0.4, -0.2) is 31.4 Å². The van der Waals surface area contributed by atoms with Gasteiger partial charge in [0.15, 0.2) is 11.6 Å². The molecule has 4 nitrogen and oxygen atoms in total. The summed E-state index contributed by atoms with van der Waals surface area (Å²) in [6, 6.07) is 3.39. The van der Waals surface area contributed by atoms with Gasteiger partial charge in [0.05, 0.1) is 18.5 Å². The number of nitrogen functional groups attached to an aromatic ring is 1. The van der Waals surface area contributed by atoms with E-state index in [2.05, 4.69) is 4.90 Å². The van der Waals surface area contributed by atoms with Crippen LogP contribution >= 0.6 is 0 Å². The summed E-state index contributed by atoms with van der Waals surface area (Å²) in [5.74, 6) is -0.239. The lowest BCUT2D eigenvalue weighted by molar-refractivity contribution is 0.283. The molecule has 1 aromatic rings. The van der Waals surface area contributed by atoms with E-state index in [9.17, 15) is 4.39 Å². The summed E-state index contributed by atoms with van der Waals surface area (Å²) in [5, 5.41) is 9.01. The maximum atomic E-state index is 13.6. The standard InChI is InChI=1S/C14H21FN2O2/c1-19-14-9-13(12(16)8-11(14)15)17(6-3-7-18)10-4-2-5-10/h8-10,18H,2-7,16H2,1H3. The highest BCUT2D eigenvalue weighted by molar-refractivity contribution is 5.70. The first-order valence-electron chi connectivity index (χ1n) is 6.68. The molecule has 1 saturated carbocycles. The van der Waals surface area contributed by atoms with Crippen LogP contribution in [0.25, 0.3) is 0 Å². The molecule has 0 aromatic heterocycles. The largest absolute Gasteiger partial charge is 0.494 e. The Hall–Kier alpha value is -1.49. The number of ether oxygens (including phenoxy) is 1. The fourth-order valence-corrected chi connectivity index (χ4v) is 2.40. The number of benzene rings is 1. The van der Waals surface area contributed by atoms with E-state index >= 15 is 0 Å². The maximum absolute atomic E-state index is 13.6. The van der Waals surface area contributed by atoms with E-state index in [0.29, 0.717) is 18.2 Å². The first kappa shape index (κ1) is 13.9. The summed E-state index contributed by atoms with van der Waals surface area (Å²) in [6.07, 6.45) is 4.11. The van der Waals surface area contributed by atoms with Gasteiger partial charge >= 0.3 is 0 Å². The summed E-state index contributed by atoms with van der Waals surface area (Å²) < 4.78 is 18.6. The smallest absolute Gasteiger partial charge is 0.167 e. The Morgan fingerprint density at radius 1 is 1.47 bits per heavy atom. The van der Waals surface area contributed by atoms with Gasteiger partial charge in [-0.2, -0.15) is 0 Å². The third-order valence-electron chi connectivity index (χ3n) is 3.68. The van der Waals surface area contributed by atoms with Gasteiger partial charge in [0.2, 0.25) is 0 Å². The average molecular weight is 268 g/mol. The van der Waals surface area contributed by atoms with Crippen LogP contribution in [0.1, 0.15) is 25.7 Å². The Morgan fingerprint density at radius 3 is 2.74 bits per heavy atom. The molecule has 1 aromatic carbocycles. The van der Waals surface area contributed by atoms with Gasteiger partial charge in [-0.1, -0.05) is 0 Å². The van der Waals surface area contributed by atoms with Gasteiger partial charge in [-0.05, 0) is 25.7 Å². The minimum Gasteiger partial charge on any atom is -0.494 e. The zero-order valence-corrected chi connectivity index (χ0v) is 11.2. The minimum atomic E-state index is -0.445. The highest BCUT2D eigenvalue weighted by Gasteiger charge is 2.26. The Kier molecular flexibility index (Phi) is 4.47. The maximum Gasteiger partial charge on any atom is 0.167 e. The lowest BCUT2D eigenvalue weighted by Gasteiger charge is -2.40. The third kappa shape index (κ3) is 2.92. The summed E-state index contributed by atoms with van der Waals surface area (Å²) in [7, 11) is 1.44. The second-order valence-corrected chi connectivity index (χ2v) is 4.90. The summed E-state index contributed by atoms with van der Waals surface area (Å²) in [5.41, 5.74) is 7.16. The van der Waals surface area contributed by atoms with E-state index in [-0.39, 0.29) is 12.4 Å². The van der Waals surface area contributed by atoms with Crippen molar-refractivity contribution < 1.29 is 14.2 Å². The number of anilines is 2. The normalized spacial score (nSPS) is 15.1. The van der Waals surface area contributed by atoms with Crippen LogP contribution in [0.15, 0.2) is 12.1 Å². The lowest BCUT2D eigenvalue weighted by Crippen LogP contribution is -2.41. The fourth-order valence-electron chi connectivity index (χ4n) is 2.40. The number of rotatable bonds is 6. The predicted molar refractivity (Wildman–Crippen MR) is 74.1 cm³/mol. The fraction of sp³-hybridized carbons (Fsp3) is 0.571. The number of hydrogen-bond acceptors (Lipinski definition) is 4. The van der Waals surface area contributed by atoms with Crippen molar-refractivity contribution >= 4 is 11.4 Å². The van der Waals surface area contributed by atoms with E-state index in [1.54, 1.807) is 6.07 Å². The third-order valence-corrected chi connectivity index (χ3v) is 3.68. The van der Waals surface area contributed by atoms with Crippen molar-refractivity contribution in [2.24, 2.45) is 0 Å². The van der Waals surface area contributed by atoms with Gasteiger partial charge in [-0.15, -0.1) is 0 Å². The number of aliphatic hydroxyl groups excluding tert-OH is 1. The van der Waals surface area contributed by atoms with Crippen molar-refractivity contribution in [2.75, 3.05) is 30.9 Å². The van der Waals surface area contributed by atoms with E-state index in [0.717, 1.165) is 25.1 Å². The van der Waals surface area contributed by atoms with Crippen LogP contribution in [0.4, 0.5) is 15.8 Å². The molecule has 0 unspecified atom stereocenters. The van der Waals surface area contributed by atoms with Crippen molar-refractivity contribution in [2.45, 2.75) is 31.7 Å². The van der Waals surface area contributed by atoms with Gasteiger partial charge in [0.1, 0.15) is 0 Å². The number of methoxy groups -OCH3 is 1. The SMILES string of the molecule is COc1cc(N(CCCO)C2CCC2)c(N)cc1F. The van der Waals surface area contributed by atoms with Gasteiger partial charge in [-0.25, -0.2) is 4.39 Å². The predicted octanol–water partition coefficient (Wildman–Crippen LogP) is 2.16. The number of hydrogen-bond donors (Lipinski definition) is 2. The van der Waals surface area contributed by atoms with E-state index in [1.807, 2.05) is 0 Å². The number of aliphatic hydroxyl groups is 1. The van der Waals surface area contributed by atoms with Crippen molar-refractivity contribution in [3.05, 3.63) is 17.9 Å². The molecule has 0 aliphatic heterocycles. The Labute approximate surface area is 113 Å². The molecule has 0 bridgehead atoms. The molecule has 5 heteroatoms. The quantitative estimate of drug-likeness (QED) is 0.776. The molecule has 106 valence electrons. The van der Waals surface area contributed by atoms with Crippen LogP contribution in [0.2, 0.25) is 0 Å². The average Bonchev–Trinajstić information content (AvgIpc) is 2.32. The number of halogens is 1. The second kappa shape index (κ2) is 6.10. The topological polar surface area (TPSA) is 58.7 Å². The molecule has 0 amide bonds. The highest BCUT2D eigenvalue weighted by Crippen LogP contribution is 2.36. The minimum absolute atomic E-state index is 0.140. The molecule has 0 radical (unpaired) electrons. The van der Waals surface area contributed by atoms with Crippen LogP contribution in [-0.2, 0) is 0 Å². The molecular weight excluding hydrogens is 247 g/mol.